The molecule has 0 amide bonds. The van der Waals surface area contributed by atoms with Gasteiger partial charge in [-0.05, 0) is 6.07 Å². The van der Waals surface area contributed by atoms with Crippen molar-refractivity contribution >= 4 is 18.6 Å². The molecular formula is C9H10O2S. The predicted molar refractivity (Wildman–Crippen MR) is 50.4 cm³/mol. The number of thiol groups is 1. The first-order chi connectivity index (χ1) is 5.74. The van der Waals surface area contributed by atoms with Crippen molar-refractivity contribution in [1.82, 2.24) is 0 Å². The topological polar surface area (TPSA) is 26.3 Å². The number of hydrogen-bond acceptors (Lipinski definition) is 3. The molecule has 0 aliphatic rings. The quantitative estimate of drug-likeness (QED) is 0.430. The average molecular weight is 182 g/mol. The number of ether oxygens (including phenoxy) is 1. The first-order valence-electron chi connectivity index (χ1n) is 3.61. The van der Waals surface area contributed by atoms with Gasteiger partial charge in [0.25, 0.3) is 0 Å². The maximum absolute atomic E-state index is 10.6. The maximum atomic E-state index is 10.6. The number of carbonyl (C=O) groups excluding carboxylic acids is 1. The van der Waals surface area contributed by atoms with Gasteiger partial charge in [0.05, 0.1) is 0 Å². The molecule has 0 aliphatic carbocycles. The number of hydrogen-bond donors (Lipinski definition) is 1. The smallest absolute Gasteiger partial charge is 0.308 e. The normalized spacial score (nSPS) is 9.50. The van der Waals surface area contributed by atoms with Crippen LogP contribution in [0.4, 0.5) is 0 Å². The fourth-order valence-corrected chi connectivity index (χ4v) is 1.15. The van der Waals surface area contributed by atoms with Gasteiger partial charge in [-0.15, -0.1) is 0 Å². The van der Waals surface area contributed by atoms with E-state index in [0.29, 0.717) is 11.5 Å². The molecule has 12 heavy (non-hydrogen) atoms. The highest BCUT2D eigenvalue weighted by Crippen LogP contribution is 2.19. The van der Waals surface area contributed by atoms with Crippen LogP contribution in [0.2, 0.25) is 0 Å². The van der Waals surface area contributed by atoms with Crippen LogP contribution in [0.1, 0.15) is 12.5 Å². The molecule has 1 aromatic rings. The molecule has 0 aromatic heterocycles. The minimum Gasteiger partial charge on any atom is -0.426 e. The van der Waals surface area contributed by atoms with Crippen LogP contribution in [0.3, 0.4) is 0 Å². The highest BCUT2D eigenvalue weighted by molar-refractivity contribution is 7.79. The molecule has 64 valence electrons. The Labute approximate surface area is 77.0 Å². The minimum atomic E-state index is -0.302. The van der Waals surface area contributed by atoms with Gasteiger partial charge in [0.2, 0.25) is 0 Å². The Morgan fingerprint density at radius 1 is 1.50 bits per heavy atom. The fraction of sp³-hybridized carbons (Fsp3) is 0.222. The molecule has 3 heteroatoms. The standard InChI is InChI=1S/C9H10O2S/c1-7(10)11-9-5-3-2-4-8(9)6-12/h2-5,12H,6H2,1H3. The van der Waals surface area contributed by atoms with Crippen molar-refractivity contribution < 1.29 is 9.53 Å². The monoisotopic (exact) mass is 182 g/mol. The van der Waals surface area contributed by atoms with Gasteiger partial charge in [0.1, 0.15) is 5.75 Å². The van der Waals surface area contributed by atoms with E-state index in [2.05, 4.69) is 12.6 Å². The molecule has 0 saturated heterocycles. The molecule has 0 N–H and O–H groups in total. The summed E-state index contributed by atoms with van der Waals surface area (Å²) in [6, 6.07) is 7.35. The lowest BCUT2D eigenvalue weighted by atomic mass is 10.2. The summed E-state index contributed by atoms with van der Waals surface area (Å²) < 4.78 is 4.95. The van der Waals surface area contributed by atoms with Crippen molar-refractivity contribution in [2.75, 3.05) is 0 Å². The zero-order valence-corrected chi connectivity index (χ0v) is 7.67. The van der Waals surface area contributed by atoms with E-state index < -0.39 is 0 Å². The van der Waals surface area contributed by atoms with E-state index in [-0.39, 0.29) is 5.97 Å². The zero-order chi connectivity index (χ0) is 8.97. The van der Waals surface area contributed by atoms with Crippen LogP contribution in [-0.4, -0.2) is 5.97 Å². The van der Waals surface area contributed by atoms with Crippen molar-refractivity contribution in [2.24, 2.45) is 0 Å². The number of esters is 1. The van der Waals surface area contributed by atoms with E-state index in [4.69, 9.17) is 4.74 Å². The van der Waals surface area contributed by atoms with E-state index >= 15 is 0 Å². The lowest BCUT2D eigenvalue weighted by molar-refractivity contribution is -0.131. The number of benzene rings is 1. The average Bonchev–Trinajstić information content (AvgIpc) is 2.04. The second-order valence-corrected chi connectivity index (χ2v) is 2.68. The molecule has 0 atom stereocenters. The predicted octanol–water partition coefficient (Wildman–Crippen LogP) is 2.04. The molecular weight excluding hydrogens is 172 g/mol. The van der Waals surface area contributed by atoms with E-state index in [1.807, 2.05) is 18.2 Å². The van der Waals surface area contributed by atoms with Crippen molar-refractivity contribution in [3.05, 3.63) is 29.8 Å². The Hall–Kier alpha value is -0.960. The van der Waals surface area contributed by atoms with Crippen LogP contribution in [0.5, 0.6) is 5.75 Å². The second kappa shape index (κ2) is 4.16. The number of rotatable bonds is 2. The van der Waals surface area contributed by atoms with Crippen LogP contribution in [0.25, 0.3) is 0 Å². The zero-order valence-electron chi connectivity index (χ0n) is 6.78. The van der Waals surface area contributed by atoms with E-state index in [9.17, 15) is 4.79 Å². The molecule has 0 unspecified atom stereocenters. The lowest BCUT2D eigenvalue weighted by Crippen LogP contribution is -2.02. The van der Waals surface area contributed by atoms with Crippen LogP contribution in [-0.2, 0) is 10.5 Å². The Kier molecular flexibility index (Phi) is 3.17. The third-order valence-corrected chi connectivity index (χ3v) is 1.74. The van der Waals surface area contributed by atoms with Crippen LogP contribution >= 0.6 is 12.6 Å². The van der Waals surface area contributed by atoms with Gasteiger partial charge in [-0.25, -0.2) is 0 Å². The van der Waals surface area contributed by atoms with Gasteiger partial charge in [-0.1, -0.05) is 18.2 Å². The van der Waals surface area contributed by atoms with E-state index in [0.717, 1.165) is 5.56 Å². The SMILES string of the molecule is CC(=O)Oc1ccccc1CS. The summed E-state index contributed by atoms with van der Waals surface area (Å²) in [5.41, 5.74) is 0.927. The first-order valence-corrected chi connectivity index (χ1v) is 4.24. The molecule has 0 aliphatic heterocycles. The van der Waals surface area contributed by atoms with Crippen molar-refractivity contribution in [1.29, 1.82) is 0 Å². The van der Waals surface area contributed by atoms with Crippen LogP contribution in [0.15, 0.2) is 24.3 Å². The van der Waals surface area contributed by atoms with Gasteiger partial charge in [-0.3, -0.25) is 4.79 Å². The van der Waals surface area contributed by atoms with Gasteiger partial charge >= 0.3 is 5.97 Å². The number of carbonyl (C=O) groups is 1. The minimum absolute atomic E-state index is 0.302. The summed E-state index contributed by atoms with van der Waals surface area (Å²) in [6.45, 7) is 1.38. The summed E-state index contributed by atoms with van der Waals surface area (Å²) in [5, 5.41) is 0. The Bertz CT molecular complexity index is 284. The number of para-hydroxylation sites is 1. The Morgan fingerprint density at radius 3 is 2.75 bits per heavy atom. The van der Waals surface area contributed by atoms with Crippen molar-refractivity contribution in [2.45, 2.75) is 12.7 Å². The Morgan fingerprint density at radius 2 is 2.17 bits per heavy atom. The third kappa shape index (κ3) is 2.27. The maximum Gasteiger partial charge on any atom is 0.308 e. The molecule has 0 saturated carbocycles. The van der Waals surface area contributed by atoms with Crippen molar-refractivity contribution in [3.8, 4) is 5.75 Å². The molecule has 1 aromatic carbocycles. The second-order valence-electron chi connectivity index (χ2n) is 2.36. The fourth-order valence-electron chi connectivity index (χ4n) is 0.889. The van der Waals surface area contributed by atoms with E-state index in [1.54, 1.807) is 6.07 Å². The van der Waals surface area contributed by atoms with Gasteiger partial charge in [0, 0.05) is 18.2 Å². The van der Waals surface area contributed by atoms with Gasteiger partial charge in [0.15, 0.2) is 0 Å². The van der Waals surface area contributed by atoms with Gasteiger partial charge in [-0.2, -0.15) is 12.6 Å². The lowest BCUT2D eigenvalue weighted by Gasteiger charge is -2.05. The molecule has 0 fully saturated rings. The highest BCUT2D eigenvalue weighted by atomic mass is 32.1. The summed E-state index contributed by atoms with van der Waals surface area (Å²) in [4.78, 5) is 10.6. The third-order valence-electron chi connectivity index (χ3n) is 1.40. The molecule has 0 radical (unpaired) electrons. The first kappa shape index (κ1) is 9.13. The summed E-state index contributed by atoms with van der Waals surface area (Å²) >= 11 is 4.11. The summed E-state index contributed by atoms with van der Waals surface area (Å²) in [5.74, 6) is 0.868. The summed E-state index contributed by atoms with van der Waals surface area (Å²) in [6.07, 6.45) is 0. The molecule has 2 nitrogen and oxygen atoms in total. The molecule has 0 spiro atoms. The largest absolute Gasteiger partial charge is 0.426 e. The highest BCUT2D eigenvalue weighted by Gasteiger charge is 2.02. The van der Waals surface area contributed by atoms with Crippen LogP contribution in [0, 0.1) is 0 Å². The van der Waals surface area contributed by atoms with E-state index in [1.165, 1.54) is 6.92 Å². The summed E-state index contributed by atoms with van der Waals surface area (Å²) in [7, 11) is 0. The molecule has 0 heterocycles. The van der Waals surface area contributed by atoms with Crippen LogP contribution < -0.4 is 4.74 Å². The Balaban J connectivity index is 2.89. The molecule has 0 bridgehead atoms. The van der Waals surface area contributed by atoms with Gasteiger partial charge < -0.3 is 4.74 Å². The molecule has 1 rings (SSSR count). The van der Waals surface area contributed by atoms with Crippen molar-refractivity contribution in [3.63, 3.8) is 0 Å².